The molecule has 4 aliphatic carbocycles. The maximum Gasteiger partial charge on any atom is 0.139 e. The minimum Gasteiger partial charge on any atom is -0.299 e. The number of rotatable bonds is 0. The zero-order valence-corrected chi connectivity index (χ0v) is 16.3. The van der Waals surface area contributed by atoms with Gasteiger partial charge in [-0.25, -0.2) is 0 Å². The van der Waals surface area contributed by atoms with E-state index in [4.69, 9.17) is 0 Å². The lowest BCUT2D eigenvalue weighted by molar-refractivity contribution is -0.131. The third-order valence-corrected chi connectivity index (χ3v) is 8.06. The van der Waals surface area contributed by atoms with Gasteiger partial charge in [-0.15, -0.1) is 0 Å². The predicted molar refractivity (Wildman–Crippen MR) is 101 cm³/mol. The van der Waals surface area contributed by atoms with E-state index < -0.39 is 0 Å². The molecule has 0 aromatic heterocycles. The normalized spacial score (nSPS) is 48.4. The molecule has 6 atom stereocenters. The second kappa shape index (κ2) is 6.24. The summed E-state index contributed by atoms with van der Waals surface area (Å²) in [6.45, 7) is 7.26. The van der Waals surface area contributed by atoms with Gasteiger partial charge >= 0.3 is 0 Å². The summed E-state index contributed by atoms with van der Waals surface area (Å²) in [4.78, 5) is 12.4. The molecule has 0 N–H and O–H groups in total. The number of hydrogen-bond acceptors (Lipinski definition) is 2. The number of carbonyl (C=O) groups excluding carboxylic acids is 1. The van der Waals surface area contributed by atoms with Gasteiger partial charge in [0.25, 0.3) is 0 Å². The van der Waals surface area contributed by atoms with Gasteiger partial charge in [-0.2, -0.15) is 12.6 Å². The summed E-state index contributed by atoms with van der Waals surface area (Å²) in [6.07, 6.45) is 14.2. The van der Waals surface area contributed by atoms with Crippen LogP contribution in [0.2, 0.25) is 0 Å². The Kier molecular flexibility index (Phi) is 4.77. The molecule has 23 heavy (non-hydrogen) atoms. The Hall–Kier alpha value is -0.240. The van der Waals surface area contributed by atoms with E-state index in [2.05, 4.69) is 39.5 Å². The average molecular weight is 335 g/mol. The number of allylic oxidation sites excluding steroid dienone is 2. The second-order valence-corrected chi connectivity index (χ2v) is 9.03. The van der Waals surface area contributed by atoms with Crippen molar-refractivity contribution in [1.29, 1.82) is 0 Å². The Morgan fingerprint density at radius 2 is 1.70 bits per heavy atom. The van der Waals surface area contributed by atoms with Crippen molar-refractivity contribution in [2.24, 2.45) is 34.5 Å². The predicted octanol–water partition coefficient (Wildman–Crippen LogP) is 5.70. The highest BCUT2D eigenvalue weighted by atomic mass is 32.1. The Labute approximate surface area is 148 Å². The monoisotopic (exact) mass is 334 g/mol. The summed E-state index contributed by atoms with van der Waals surface area (Å²) >= 11 is 3.53. The van der Waals surface area contributed by atoms with Gasteiger partial charge < -0.3 is 0 Å². The fraction of sp³-hybridized carbons (Fsp3) is 0.857. The molecule has 0 aromatic rings. The van der Waals surface area contributed by atoms with Gasteiger partial charge in [0, 0.05) is 11.8 Å². The van der Waals surface area contributed by atoms with E-state index in [0.717, 1.165) is 30.6 Å². The molecule has 6 unspecified atom stereocenters. The fourth-order valence-corrected chi connectivity index (χ4v) is 6.61. The molecule has 1 nitrogen and oxygen atoms in total. The molecule has 0 bridgehead atoms. The number of ketones is 1. The SMILES string of the molecule is CC1CCC2(C)C(=CCC3C4CCC(=O)C4(C)CCC32)C1.CS. The Morgan fingerprint density at radius 1 is 1.04 bits per heavy atom. The molecule has 2 heteroatoms. The first-order valence-electron chi connectivity index (χ1n) is 9.63. The van der Waals surface area contributed by atoms with Crippen molar-refractivity contribution < 1.29 is 4.79 Å². The van der Waals surface area contributed by atoms with Crippen LogP contribution in [0.1, 0.15) is 72.1 Å². The number of hydrogen-bond donors (Lipinski definition) is 1. The van der Waals surface area contributed by atoms with Gasteiger partial charge in [0.1, 0.15) is 5.78 Å². The first-order chi connectivity index (χ1) is 10.9. The fourth-order valence-electron chi connectivity index (χ4n) is 6.61. The van der Waals surface area contributed by atoms with Crippen LogP contribution in [-0.4, -0.2) is 12.0 Å². The summed E-state index contributed by atoms with van der Waals surface area (Å²) < 4.78 is 0. The van der Waals surface area contributed by atoms with E-state index in [1.54, 1.807) is 11.8 Å². The average Bonchev–Trinajstić information content (AvgIpc) is 2.86. The van der Waals surface area contributed by atoms with Crippen LogP contribution in [0.3, 0.4) is 0 Å². The lowest BCUT2D eigenvalue weighted by atomic mass is 9.47. The summed E-state index contributed by atoms with van der Waals surface area (Å²) in [5.74, 6) is 3.77. The number of fused-ring (bicyclic) bond motifs is 5. The van der Waals surface area contributed by atoms with Gasteiger partial charge in [-0.1, -0.05) is 32.4 Å². The van der Waals surface area contributed by atoms with Crippen molar-refractivity contribution in [2.75, 3.05) is 6.26 Å². The first-order valence-corrected chi connectivity index (χ1v) is 10.5. The summed E-state index contributed by atoms with van der Waals surface area (Å²) in [6, 6.07) is 0. The highest BCUT2D eigenvalue weighted by molar-refractivity contribution is 7.79. The molecule has 4 aliphatic rings. The zero-order chi connectivity index (χ0) is 16.8. The molecule has 3 saturated carbocycles. The maximum absolute atomic E-state index is 12.4. The van der Waals surface area contributed by atoms with E-state index in [9.17, 15) is 4.79 Å². The van der Waals surface area contributed by atoms with Crippen molar-refractivity contribution in [3.8, 4) is 0 Å². The Bertz CT molecular complexity index is 510. The highest BCUT2D eigenvalue weighted by Crippen LogP contribution is 2.64. The molecule has 0 spiro atoms. The van der Waals surface area contributed by atoms with Crippen LogP contribution >= 0.6 is 12.6 Å². The lowest BCUT2D eigenvalue weighted by Crippen LogP contribution is -2.50. The molecule has 3 fully saturated rings. The standard InChI is InChI=1S/C20H30O.CH4S/c1-13-8-10-19(2)14(12-13)4-5-15-16-6-7-18(21)20(16,3)11-9-17(15)19;1-2/h4,13,15-17H,5-12H2,1-3H3;2H,1H3. The minimum atomic E-state index is 0.0326. The van der Waals surface area contributed by atoms with Crippen molar-refractivity contribution in [2.45, 2.75) is 72.1 Å². The smallest absolute Gasteiger partial charge is 0.139 e. The van der Waals surface area contributed by atoms with Crippen LogP contribution in [0.5, 0.6) is 0 Å². The van der Waals surface area contributed by atoms with E-state index >= 15 is 0 Å². The van der Waals surface area contributed by atoms with Crippen LogP contribution in [-0.2, 0) is 4.79 Å². The molecule has 0 radical (unpaired) electrons. The minimum absolute atomic E-state index is 0.0326. The van der Waals surface area contributed by atoms with E-state index in [1.807, 2.05) is 0 Å². The highest BCUT2D eigenvalue weighted by Gasteiger charge is 2.58. The van der Waals surface area contributed by atoms with Gasteiger partial charge in [-0.05, 0) is 80.3 Å². The number of carbonyl (C=O) groups is 1. The van der Waals surface area contributed by atoms with Crippen molar-refractivity contribution in [3.05, 3.63) is 11.6 Å². The zero-order valence-electron chi connectivity index (χ0n) is 15.4. The van der Waals surface area contributed by atoms with Gasteiger partial charge in [0.05, 0.1) is 0 Å². The van der Waals surface area contributed by atoms with Crippen LogP contribution in [0.25, 0.3) is 0 Å². The van der Waals surface area contributed by atoms with Gasteiger partial charge in [-0.3, -0.25) is 4.79 Å². The van der Waals surface area contributed by atoms with Gasteiger partial charge in [0.15, 0.2) is 0 Å². The lowest BCUT2D eigenvalue weighted by Gasteiger charge is -2.57. The summed E-state index contributed by atoms with van der Waals surface area (Å²) in [5, 5.41) is 0. The quantitative estimate of drug-likeness (QED) is 0.444. The molecule has 0 amide bonds. The largest absolute Gasteiger partial charge is 0.299 e. The molecule has 0 heterocycles. The van der Waals surface area contributed by atoms with Crippen LogP contribution in [0.4, 0.5) is 0 Å². The third kappa shape index (κ3) is 2.55. The maximum atomic E-state index is 12.4. The molecule has 0 aromatic carbocycles. The first kappa shape index (κ1) is 17.6. The second-order valence-electron chi connectivity index (χ2n) is 9.03. The molecule has 130 valence electrons. The Balaban J connectivity index is 0.000000753. The Morgan fingerprint density at radius 3 is 2.43 bits per heavy atom. The number of Topliss-reactive ketones (excluding diaryl/α,β-unsaturated/α-hetero) is 1. The van der Waals surface area contributed by atoms with Crippen molar-refractivity contribution >= 4 is 18.4 Å². The molecule has 0 saturated heterocycles. The van der Waals surface area contributed by atoms with E-state index in [1.165, 1.54) is 38.5 Å². The molecular weight excluding hydrogens is 300 g/mol. The van der Waals surface area contributed by atoms with E-state index in [-0.39, 0.29) is 5.41 Å². The van der Waals surface area contributed by atoms with Crippen LogP contribution in [0, 0.1) is 34.5 Å². The van der Waals surface area contributed by atoms with Crippen molar-refractivity contribution in [1.82, 2.24) is 0 Å². The topological polar surface area (TPSA) is 17.1 Å². The molecule has 4 rings (SSSR count). The van der Waals surface area contributed by atoms with Crippen molar-refractivity contribution in [3.63, 3.8) is 0 Å². The number of thiol groups is 1. The van der Waals surface area contributed by atoms with Crippen LogP contribution in [0.15, 0.2) is 11.6 Å². The molecular formula is C21H34OS. The third-order valence-electron chi connectivity index (χ3n) is 8.06. The summed E-state index contributed by atoms with van der Waals surface area (Å²) in [7, 11) is 0. The molecule has 0 aliphatic heterocycles. The summed E-state index contributed by atoms with van der Waals surface area (Å²) in [5.41, 5.74) is 2.27. The van der Waals surface area contributed by atoms with E-state index in [0.29, 0.717) is 17.1 Å². The van der Waals surface area contributed by atoms with Gasteiger partial charge in [0.2, 0.25) is 0 Å². The van der Waals surface area contributed by atoms with Crippen LogP contribution < -0.4 is 0 Å².